The Morgan fingerprint density at radius 2 is 1.96 bits per heavy atom. The molecule has 5 atom stereocenters. The summed E-state index contributed by atoms with van der Waals surface area (Å²) in [4.78, 5) is 0. The molecule has 1 unspecified atom stereocenters. The van der Waals surface area contributed by atoms with Gasteiger partial charge in [0.05, 0.1) is 26.4 Å². The van der Waals surface area contributed by atoms with E-state index in [1.807, 2.05) is 0 Å². The molecule has 4 rings (SSSR count). The zero-order valence-corrected chi connectivity index (χ0v) is 17.5. The van der Waals surface area contributed by atoms with Crippen molar-refractivity contribution >= 4 is 0 Å². The smallest absolute Gasteiger partial charge is 0.119 e. The number of methoxy groups -OCH3 is 2. The maximum Gasteiger partial charge on any atom is 0.119 e. The van der Waals surface area contributed by atoms with Gasteiger partial charge in [-0.25, -0.2) is 0 Å². The van der Waals surface area contributed by atoms with E-state index in [2.05, 4.69) is 18.2 Å². The van der Waals surface area contributed by atoms with Gasteiger partial charge >= 0.3 is 0 Å². The first kappa shape index (κ1) is 20.2. The minimum atomic E-state index is -0.130. The molecule has 1 aromatic rings. The van der Waals surface area contributed by atoms with E-state index >= 15 is 0 Å². The minimum absolute atomic E-state index is 0.121. The molecule has 28 heavy (non-hydrogen) atoms. The molecule has 3 aliphatic rings. The van der Waals surface area contributed by atoms with Crippen molar-refractivity contribution in [3.63, 3.8) is 0 Å². The van der Waals surface area contributed by atoms with E-state index in [9.17, 15) is 5.11 Å². The lowest BCUT2D eigenvalue weighted by Gasteiger charge is -2.52. The summed E-state index contributed by atoms with van der Waals surface area (Å²) in [5, 5.41) is 11.0. The Balaban J connectivity index is 1.46. The number of ether oxygens (including phenoxy) is 3. The van der Waals surface area contributed by atoms with Crippen LogP contribution >= 0.6 is 0 Å². The van der Waals surface area contributed by atoms with Crippen molar-refractivity contribution in [1.82, 2.24) is 0 Å². The summed E-state index contributed by atoms with van der Waals surface area (Å²) >= 11 is 0. The van der Waals surface area contributed by atoms with Crippen LogP contribution in [0.5, 0.6) is 5.75 Å². The number of aliphatic hydroxyl groups excluding tert-OH is 1. The van der Waals surface area contributed by atoms with Gasteiger partial charge in [0.2, 0.25) is 0 Å². The van der Waals surface area contributed by atoms with Crippen molar-refractivity contribution in [1.29, 1.82) is 0 Å². The molecule has 1 N–H and O–H groups in total. The van der Waals surface area contributed by atoms with E-state index < -0.39 is 0 Å². The van der Waals surface area contributed by atoms with Crippen molar-refractivity contribution in [2.75, 3.05) is 34.0 Å². The van der Waals surface area contributed by atoms with Crippen LogP contribution in [0.1, 0.15) is 62.0 Å². The summed E-state index contributed by atoms with van der Waals surface area (Å²) in [6, 6.07) is 6.69. The molecule has 1 aromatic carbocycles. The second-order valence-corrected chi connectivity index (χ2v) is 9.05. The Hall–Kier alpha value is -1.10. The molecule has 0 heterocycles. The van der Waals surface area contributed by atoms with Crippen molar-refractivity contribution in [2.24, 2.45) is 17.3 Å². The van der Waals surface area contributed by atoms with Crippen LogP contribution in [0.25, 0.3) is 0 Å². The van der Waals surface area contributed by atoms with Crippen LogP contribution in [-0.2, 0) is 15.9 Å². The van der Waals surface area contributed by atoms with Gasteiger partial charge in [0.15, 0.2) is 0 Å². The van der Waals surface area contributed by atoms with Crippen LogP contribution in [0.2, 0.25) is 0 Å². The quantitative estimate of drug-likeness (QED) is 0.673. The van der Waals surface area contributed by atoms with Crippen LogP contribution in [-0.4, -0.2) is 45.3 Å². The third-order valence-electron chi connectivity index (χ3n) is 7.97. The molecule has 0 saturated heterocycles. The fraction of sp³-hybridized carbons (Fsp3) is 0.750. The summed E-state index contributed by atoms with van der Waals surface area (Å²) in [7, 11) is 3.46. The van der Waals surface area contributed by atoms with Gasteiger partial charge in [-0.15, -0.1) is 0 Å². The topological polar surface area (TPSA) is 47.9 Å². The molecule has 4 heteroatoms. The van der Waals surface area contributed by atoms with Gasteiger partial charge in [-0.3, -0.25) is 0 Å². The van der Waals surface area contributed by atoms with Crippen molar-refractivity contribution in [3.05, 3.63) is 29.3 Å². The molecule has 4 nitrogen and oxygen atoms in total. The number of rotatable bonds is 8. The maximum absolute atomic E-state index is 11.0. The van der Waals surface area contributed by atoms with Gasteiger partial charge in [0, 0.05) is 13.7 Å². The summed E-state index contributed by atoms with van der Waals surface area (Å²) < 4.78 is 16.2. The Labute approximate surface area is 169 Å². The van der Waals surface area contributed by atoms with Gasteiger partial charge in [-0.2, -0.15) is 0 Å². The number of hydrogen-bond donors (Lipinski definition) is 1. The Morgan fingerprint density at radius 3 is 2.79 bits per heavy atom. The lowest BCUT2D eigenvalue weighted by Crippen LogP contribution is -2.46. The molecule has 0 amide bonds. The molecule has 0 spiro atoms. The molecule has 0 radical (unpaired) electrons. The minimum Gasteiger partial charge on any atom is -0.497 e. The number of benzene rings is 1. The number of aliphatic hydroxyl groups is 1. The first-order valence-electron chi connectivity index (χ1n) is 11.1. The molecule has 2 saturated carbocycles. The lowest BCUT2D eigenvalue weighted by atomic mass is 9.53. The third-order valence-corrected chi connectivity index (χ3v) is 7.97. The maximum atomic E-state index is 11.0. The largest absolute Gasteiger partial charge is 0.497 e. The van der Waals surface area contributed by atoms with Crippen LogP contribution < -0.4 is 4.74 Å². The Kier molecular flexibility index (Phi) is 6.29. The molecular weight excluding hydrogens is 352 g/mol. The average molecular weight is 389 g/mol. The molecule has 0 aromatic heterocycles. The van der Waals surface area contributed by atoms with Gasteiger partial charge < -0.3 is 19.3 Å². The Bertz CT molecular complexity index is 660. The summed E-state index contributed by atoms with van der Waals surface area (Å²) in [6.45, 7) is 2.10. The van der Waals surface area contributed by atoms with Crippen LogP contribution in [0.4, 0.5) is 0 Å². The highest BCUT2D eigenvalue weighted by molar-refractivity contribution is 5.40. The van der Waals surface area contributed by atoms with Crippen LogP contribution in [0.15, 0.2) is 18.2 Å². The number of hydrogen-bond acceptors (Lipinski definition) is 4. The molecule has 0 aliphatic heterocycles. The average Bonchev–Trinajstić information content (AvgIpc) is 3.06. The number of fused-ring (bicyclic) bond motifs is 5. The van der Waals surface area contributed by atoms with E-state index in [0.717, 1.165) is 50.4 Å². The van der Waals surface area contributed by atoms with Crippen molar-refractivity contribution < 1.29 is 19.3 Å². The van der Waals surface area contributed by atoms with E-state index in [1.54, 1.807) is 19.8 Å². The zero-order valence-electron chi connectivity index (χ0n) is 17.5. The zero-order chi connectivity index (χ0) is 19.6. The monoisotopic (exact) mass is 388 g/mol. The summed E-state index contributed by atoms with van der Waals surface area (Å²) in [6.07, 6.45) is 8.96. The summed E-state index contributed by atoms with van der Waals surface area (Å²) in [5.74, 6) is 3.03. The van der Waals surface area contributed by atoms with E-state index in [-0.39, 0.29) is 11.5 Å². The van der Waals surface area contributed by atoms with Gasteiger partial charge in [-0.05, 0) is 97.8 Å². The van der Waals surface area contributed by atoms with Crippen molar-refractivity contribution in [3.8, 4) is 5.75 Å². The standard InChI is InChI=1S/C24H36O4/c1-26-14-15-28-13-3-11-24-12-10-20-19-7-5-18(27-2)16-17(19)4-6-21(20)22(24)8-9-23(24)25/h5,7,16,20-23,25H,3-4,6,8-15H2,1-2H3/t20-,21-,22+,23?,24+/m1/s1. The van der Waals surface area contributed by atoms with E-state index in [4.69, 9.17) is 14.2 Å². The first-order valence-corrected chi connectivity index (χ1v) is 11.1. The normalized spacial score (nSPS) is 33.8. The van der Waals surface area contributed by atoms with E-state index in [0.29, 0.717) is 25.0 Å². The highest BCUT2D eigenvalue weighted by Crippen LogP contribution is 2.62. The summed E-state index contributed by atoms with van der Waals surface area (Å²) in [5.41, 5.74) is 3.16. The van der Waals surface area contributed by atoms with Gasteiger partial charge in [-0.1, -0.05) is 6.07 Å². The SMILES string of the molecule is COCCOCCC[C@]12CC[C@@H]3c4ccc(OC)cc4CC[C@H]3[C@@H]1CCC2O. The predicted molar refractivity (Wildman–Crippen MR) is 110 cm³/mol. The third kappa shape index (κ3) is 3.59. The molecule has 2 fully saturated rings. The lowest BCUT2D eigenvalue weighted by molar-refractivity contribution is -0.0487. The fourth-order valence-electron chi connectivity index (χ4n) is 6.69. The second kappa shape index (κ2) is 8.73. The van der Waals surface area contributed by atoms with Gasteiger partial charge in [0.1, 0.15) is 5.75 Å². The number of aryl methyl sites for hydroxylation is 1. The van der Waals surface area contributed by atoms with Gasteiger partial charge in [0.25, 0.3) is 0 Å². The first-order chi connectivity index (χ1) is 13.7. The predicted octanol–water partition coefficient (Wildman–Crippen LogP) is 4.34. The van der Waals surface area contributed by atoms with Crippen molar-refractivity contribution in [2.45, 2.75) is 63.4 Å². The highest BCUT2D eigenvalue weighted by Gasteiger charge is 2.56. The second-order valence-electron chi connectivity index (χ2n) is 9.05. The molecule has 156 valence electrons. The van der Waals surface area contributed by atoms with E-state index in [1.165, 1.54) is 24.8 Å². The molecule has 3 aliphatic carbocycles. The molecular formula is C24H36O4. The fourth-order valence-corrected chi connectivity index (χ4v) is 6.69. The molecule has 0 bridgehead atoms. The van der Waals surface area contributed by atoms with Crippen LogP contribution in [0.3, 0.4) is 0 Å². The Morgan fingerprint density at radius 1 is 1.07 bits per heavy atom. The van der Waals surface area contributed by atoms with Crippen LogP contribution in [0, 0.1) is 17.3 Å². The highest BCUT2D eigenvalue weighted by atomic mass is 16.5.